The first-order valence-corrected chi connectivity index (χ1v) is 5.04. The van der Waals surface area contributed by atoms with Gasteiger partial charge in [0.2, 0.25) is 5.24 Å². The second kappa shape index (κ2) is 5.58. The van der Waals surface area contributed by atoms with Gasteiger partial charge in [-0.1, -0.05) is 40.0 Å². The summed E-state index contributed by atoms with van der Waals surface area (Å²) < 4.78 is 0. The molecule has 0 aliphatic heterocycles. The zero-order chi connectivity index (χ0) is 9.61. The summed E-state index contributed by atoms with van der Waals surface area (Å²) in [5.74, 6) is 0. The second-order valence-electron chi connectivity index (χ2n) is 4.15. The van der Waals surface area contributed by atoms with Crippen LogP contribution >= 0.6 is 11.6 Å². The molecule has 0 atom stereocenters. The van der Waals surface area contributed by atoms with E-state index in [2.05, 4.69) is 20.8 Å². The maximum atomic E-state index is 10.7. The molecule has 12 heavy (non-hydrogen) atoms. The molecule has 2 heteroatoms. The fourth-order valence-electron chi connectivity index (χ4n) is 1.32. The summed E-state index contributed by atoms with van der Waals surface area (Å²) in [6.07, 6.45) is 5.27. The molecular weight excluding hydrogens is 172 g/mol. The highest BCUT2D eigenvalue weighted by Crippen LogP contribution is 2.28. The molecule has 0 aliphatic carbocycles. The zero-order valence-electron chi connectivity index (χ0n) is 8.32. The lowest BCUT2D eigenvalue weighted by Crippen LogP contribution is -2.14. The van der Waals surface area contributed by atoms with Gasteiger partial charge in [0.05, 0.1) is 0 Å². The third-order valence-corrected chi connectivity index (χ3v) is 2.21. The molecule has 0 N–H and O–H groups in total. The van der Waals surface area contributed by atoms with Crippen molar-refractivity contribution in [2.24, 2.45) is 5.41 Å². The predicted molar refractivity (Wildman–Crippen MR) is 53.4 cm³/mol. The first kappa shape index (κ1) is 12.0. The van der Waals surface area contributed by atoms with Gasteiger partial charge in [0.1, 0.15) is 0 Å². The molecule has 0 aromatic heterocycles. The molecule has 0 aliphatic rings. The second-order valence-corrected chi connectivity index (χ2v) is 4.57. The largest absolute Gasteiger partial charge is 0.281 e. The highest BCUT2D eigenvalue weighted by Gasteiger charge is 2.19. The van der Waals surface area contributed by atoms with Gasteiger partial charge in [0, 0.05) is 6.42 Å². The summed E-state index contributed by atoms with van der Waals surface area (Å²) in [5.41, 5.74) is 0.0913. The van der Waals surface area contributed by atoms with Crippen LogP contribution in [0.1, 0.15) is 52.9 Å². The molecule has 0 aromatic carbocycles. The van der Waals surface area contributed by atoms with Crippen LogP contribution in [-0.4, -0.2) is 5.24 Å². The Balaban J connectivity index is 3.63. The van der Waals surface area contributed by atoms with E-state index in [1.54, 1.807) is 0 Å². The molecule has 72 valence electrons. The van der Waals surface area contributed by atoms with E-state index >= 15 is 0 Å². The average Bonchev–Trinajstić information content (AvgIpc) is 1.84. The molecule has 0 amide bonds. The lowest BCUT2D eigenvalue weighted by atomic mass is 9.84. The van der Waals surface area contributed by atoms with Crippen molar-refractivity contribution in [2.45, 2.75) is 52.9 Å². The Kier molecular flexibility index (Phi) is 5.56. The quantitative estimate of drug-likeness (QED) is 0.461. The minimum absolute atomic E-state index is 0.0913. The summed E-state index contributed by atoms with van der Waals surface area (Å²) >= 11 is 5.34. The van der Waals surface area contributed by atoms with Gasteiger partial charge >= 0.3 is 0 Å². The van der Waals surface area contributed by atoms with Crippen LogP contribution in [0.25, 0.3) is 0 Å². The van der Waals surface area contributed by atoms with E-state index in [0.29, 0.717) is 6.42 Å². The van der Waals surface area contributed by atoms with Crippen LogP contribution in [0.4, 0.5) is 0 Å². The Morgan fingerprint density at radius 3 is 2.33 bits per heavy atom. The Hall–Kier alpha value is -0.0400. The maximum absolute atomic E-state index is 10.7. The standard InChI is InChI=1S/C10H19ClO/c1-4-5-6-7-10(2,3)8-9(11)12/h4-8H2,1-3H3. The van der Waals surface area contributed by atoms with E-state index in [4.69, 9.17) is 11.6 Å². The molecule has 0 unspecified atom stereocenters. The van der Waals surface area contributed by atoms with E-state index in [9.17, 15) is 4.79 Å². The zero-order valence-corrected chi connectivity index (χ0v) is 9.08. The van der Waals surface area contributed by atoms with Crippen molar-refractivity contribution in [3.8, 4) is 0 Å². The first-order valence-electron chi connectivity index (χ1n) is 4.66. The van der Waals surface area contributed by atoms with Crippen LogP contribution in [0, 0.1) is 5.41 Å². The first-order chi connectivity index (χ1) is 5.48. The minimum Gasteiger partial charge on any atom is -0.281 e. The van der Waals surface area contributed by atoms with Crippen LogP contribution in [0.5, 0.6) is 0 Å². The highest BCUT2D eigenvalue weighted by molar-refractivity contribution is 6.63. The van der Waals surface area contributed by atoms with Crippen LogP contribution in [0.3, 0.4) is 0 Å². The normalized spacial score (nSPS) is 11.7. The lowest BCUT2D eigenvalue weighted by molar-refractivity contribution is -0.113. The van der Waals surface area contributed by atoms with E-state index in [1.165, 1.54) is 19.3 Å². The summed E-state index contributed by atoms with van der Waals surface area (Å²) in [6, 6.07) is 0. The van der Waals surface area contributed by atoms with Gasteiger partial charge in [0.25, 0.3) is 0 Å². The van der Waals surface area contributed by atoms with Crippen molar-refractivity contribution in [1.29, 1.82) is 0 Å². The van der Waals surface area contributed by atoms with Crippen molar-refractivity contribution in [3.05, 3.63) is 0 Å². The predicted octanol–water partition coefficient (Wildman–Crippen LogP) is 3.75. The van der Waals surface area contributed by atoms with Gasteiger partial charge in [-0.05, 0) is 23.4 Å². The monoisotopic (exact) mass is 190 g/mol. The Morgan fingerprint density at radius 1 is 1.33 bits per heavy atom. The van der Waals surface area contributed by atoms with Crippen molar-refractivity contribution in [2.75, 3.05) is 0 Å². The van der Waals surface area contributed by atoms with Gasteiger partial charge in [0.15, 0.2) is 0 Å². The third kappa shape index (κ3) is 6.66. The topological polar surface area (TPSA) is 17.1 Å². The van der Waals surface area contributed by atoms with Gasteiger partial charge < -0.3 is 0 Å². The molecule has 0 fully saturated rings. The molecule has 0 heterocycles. The number of carbonyl (C=O) groups excluding carboxylic acids is 1. The summed E-state index contributed by atoms with van der Waals surface area (Å²) in [7, 11) is 0. The molecular formula is C10H19ClO. The van der Waals surface area contributed by atoms with Crippen molar-refractivity contribution < 1.29 is 4.79 Å². The Bertz CT molecular complexity index is 141. The molecule has 0 aromatic rings. The summed E-state index contributed by atoms with van der Waals surface area (Å²) in [6.45, 7) is 6.38. The van der Waals surface area contributed by atoms with Crippen LogP contribution in [0.15, 0.2) is 0 Å². The number of carbonyl (C=O) groups is 1. The number of halogens is 1. The molecule has 1 nitrogen and oxygen atoms in total. The molecule has 0 bridgehead atoms. The van der Waals surface area contributed by atoms with E-state index < -0.39 is 0 Å². The smallest absolute Gasteiger partial charge is 0.222 e. The van der Waals surface area contributed by atoms with Crippen LogP contribution < -0.4 is 0 Å². The number of hydrogen-bond acceptors (Lipinski definition) is 1. The minimum atomic E-state index is -0.212. The van der Waals surface area contributed by atoms with Gasteiger partial charge in [-0.2, -0.15) is 0 Å². The Morgan fingerprint density at radius 2 is 1.92 bits per heavy atom. The highest BCUT2D eigenvalue weighted by atomic mass is 35.5. The number of unbranched alkanes of at least 4 members (excludes halogenated alkanes) is 2. The van der Waals surface area contributed by atoms with Crippen LogP contribution in [0.2, 0.25) is 0 Å². The van der Waals surface area contributed by atoms with Crippen molar-refractivity contribution in [1.82, 2.24) is 0 Å². The van der Waals surface area contributed by atoms with Gasteiger partial charge in [-0.3, -0.25) is 4.79 Å². The maximum Gasteiger partial charge on any atom is 0.222 e. The van der Waals surface area contributed by atoms with Gasteiger partial charge in [-0.25, -0.2) is 0 Å². The van der Waals surface area contributed by atoms with Crippen LogP contribution in [-0.2, 0) is 4.79 Å². The van der Waals surface area contributed by atoms with Crippen molar-refractivity contribution >= 4 is 16.8 Å². The van der Waals surface area contributed by atoms with E-state index in [-0.39, 0.29) is 10.7 Å². The summed E-state index contributed by atoms with van der Waals surface area (Å²) in [4.78, 5) is 10.7. The number of rotatable bonds is 6. The average molecular weight is 191 g/mol. The molecule has 0 spiro atoms. The fourth-order valence-corrected chi connectivity index (χ4v) is 1.68. The summed E-state index contributed by atoms with van der Waals surface area (Å²) in [5, 5.41) is -0.212. The molecule has 0 saturated heterocycles. The molecule has 0 saturated carbocycles. The van der Waals surface area contributed by atoms with Crippen molar-refractivity contribution in [3.63, 3.8) is 0 Å². The SMILES string of the molecule is CCCCCC(C)(C)CC(=O)Cl. The lowest BCUT2D eigenvalue weighted by Gasteiger charge is -2.22. The van der Waals surface area contributed by atoms with E-state index in [0.717, 1.165) is 6.42 Å². The molecule has 0 radical (unpaired) electrons. The van der Waals surface area contributed by atoms with E-state index in [1.807, 2.05) is 0 Å². The third-order valence-electron chi connectivity index (χ3n) is 2.07. The Labute approximate surface area is 80.5 Å². The van der Waals surface area contributed by atoms with Gasteiger partial charge in [-0.15, -0.1) is 0 Å². The number of hydrogen-bond donors (Lipinski definition) is 0. The molecule has 0 rings (SSSR count). The fraction of sp³-hybridized carbons (Fsp3) is 0.900.